The minimum absolute atomic E-state index is 0.0129. The fourth-order valence-electron chi connectivity index (χ4n) is 2.77. The van der Waals surface area contributed by atoms with Crippen molar-refractivity contribution in [1.82, 2.24) is 5.32 Å². The molecule has 0 aliphatic heterocycles. The summed E-state index contributed by atoms with van der Waals surface area (Å²) in [7, 11) is 0. The Balaban J connectivity index is 1.82. The Morgan fingerprint density at radius 1 is 1.03 bits per heavy atom. The van der Waals surface area contributed by atoms with Gasteiger partial charge in [0, 0.05) is 23.4 Å². The van der Waals surface area contributed by atoms with Crippen LogP contribution in [0.15, 0.2) is 77.0 Å². The van der Waals surface area contributed by atoms with Crippen LogP contribution in [-0.4, -0.2) is 17.9 Å². The van der Waals surface area contributed by atoms with Crippen molar-refractivity contribution in [2.75, 3.05) is 5.32 Å². The Morgan fingerprint density at radius 2 is 1.83 bits per heavy atom. The van der Waals surface area contributed by atoms with Gasteiger partial charge in [-0.25, -0.2) is 0 Å². The van der Waals surface area contributed by atoms with Gasteiger partial charge >= 0.3 is 0 Å². The van der Waals surface area contributed by atoms with Gasteiger partial charge < -0.3 is 19.8 Å². The van der Waals surface area contributed by atoms with Crippen LogP contribution in [0.2, 0.25) is 0 Å². The molecule has 2 N–H and O–H groups in total. The van der Waals surface area contributed by atoms with E-state index in [0.29, 0.717) is 22.8 Å². The number of carbonyl (C=O) groups excluding carboxylic acids is 2. The molecule has 30 heavy (non-hydrogen) atoms. The van der Waals surface area contributed by atoms with E-state index in [1.54, 1.807) is 48.5 Å². The summed E-state index contributed by atoms with van der Waals surface area (Å²) in [4.78, 5) is 25.6. The number of benzene rings is 2. The summed E-state index contributed by atoms with van der Waals surface area (Å²) in [6.45, 7) is 5.75. The average Bonchev–Trinajstić information content (AvgIpc) is 3.20. The summed E-state index contributed by atoms with van der Waals surface area (Å²) in [6, 6.07) is 17.6. The zero-order chi connectivity index (χ0) is 21.5. The zero-order valence-electron chi connectivity index (χ0n) is 17.1. The molecule has 0 spiro atoms. The molecule has 6 nitrogen and oxygen atoms in total. The molecule has 0 fully saturated rings. The quantitative estimate of drug-likeness (QED) is 0.555. The number of anilines is 1. The lowest BCUT2D eigenvalue weighted by Gasteiger charge is -2.13. The molecule has 1 heterocycles. The highest BCUT2D eigenvalue weighted by Crippen LogP contribution is 2.19. The number of carbonyl (C=O) groups is 2. The van der Waals surface area contributed by atoms with Gasteiger partial charge in [-0.05, 0) is 57.2 Å². The third-order valence-corrected chi connectivity index (χ3v) is 4.07. The smallest absolute Gasteiger partial charge is 0.272 e. The Bertz CT molecular complexity index is 1050. The number of nitrogens with one attached hydrogen (secondary N) is 2. The Labute approximate surface area is 175 Å². The van der Waals surface area contributed by atoms with Gasteiger partial charge in [0.15, 0.2) is 0 Å². The highest BCUT2D eigenvalue weighted by molar-refractivity contribution is 6.10. The second kappa shape index (κ2) is 9.60. The summed E-state index contributed by atoms with van der Waals surface area (Å²) in [6.07, 6.45) is 2.99. The molecule has 2 amide bonds. The number of hydrogen-bond acceptors (Lipinski definition) is 4. The van der Waals surface area contributed by atoms with Crippen LogP contribution in [0.3, 0.4) is 0 Å². The fourth-order valence-corrected chi connectivity index (χ4v) is 2.77. The number of aryl methyl sites for hydroxylation is 1. The van der Waals surface area contributed by atoms with Gasteiger partial charge in [-0.2, -0.15) is 0 Å². The SMILES string of the molecule is Cc1cccc(C(=O)N/C(=C\c2ccco2)C(=O)Nc2cccc(OC(C)C)c2)c1. The second-order valence-corrected chi connectivity index (χ2v) is 7.05. The molecule has 3 aromatic rings. The summed E-state index contributed by atoms with van der Waals surface area (Å²) in [5.41, 5.74) is 2.02. The maximum Gasteiger partial charge on any atom is 0.272 e. The molecule has 1 aromatic heterocycles. The van der Waals surface area contributed by atoms with E-state index in [1.165, 1.54) is 12.3 Å². The average molecular weight is 404 g/mol. The van der Waals surface area contributed by atoms with Gasteiger partial charge in [-0.15, -0.1) is 0 Å². The van der Waals surface area contributed by atoms with Gasteiger partial charge in [0.05, 0.1) is 12.4 Å². The first-order chi connectivity index (χ1) is 14.4. The van der Waals surface area contributed by atoms with Gasteiger partial charge in [0.2, 0.25) is 0 Å². The van der Waals surface area contributed by atoms with E-state index in [0.717, 1.165) is 5.56 Å². The van der Waals surface area contributed by atoms with Crippen molar-refractivity contribution in [1.29, 1.82) is 0 Å². The van der Waals surface area contributed by atoms with Crippen molar-refractivity contribution in [3.63, 3.8) is 0 Å². The van der Waals surface area contributed by atoms with Gasteiger partial charge in [0.1, 0.15) is 17.2 Å². The topological polar surface area (TPSA) is 80.6 Å². The van der Waals surface area contributed by atoms with E-state index in [9.17, 15) is 9.59 Å². The molecule has 0 aliphatic rings. The molecule has 3 rings (SSSR count). The van der Waals surface area contributed by atoms with Crippen LogP contribution in [0.1, 0.15) is 35.5 Å². The predicted octanol–water partition coefficient (Wildman–Crippen LogP) is 4.78. The standard InChI is InChI=1S/C24H24N2O4/c1-16(2)30-21-10-5-9-19(14-21)25-24(28)22(15-20-11-6-12-29-20)26-23(27)18-8-4-7-17(3)13-18/h4-16H,1-3H3,(H,25,28)(H,26,27)/b22-15-. The van der Waals surface area contributed by atoms with E-state index in [-0.39, 0.29) is 17.7 Å². The Hall–Kier alpha value is -3.80. The molecule has 0 bridgehead atoms. The Kier molecular flexibility index (Phi) is 6.70. The molecule has 6 heteroatoms. The lowest BCUT2D eigenvalue weighted by molar-refractivity contribution is -0.113. The van der Waals surface area contributed by atoms with Crippen LogP contribution in [0.25, 0.3) is 6.08 Å². The molecular weight excluding hydrogens is 380 g/mol. The van der Waals surface area contributed by atoms with Gasteiger partial charge in [-0.1, -0.05) is 23.8 Å². The van der Waals surface area contributed by atoms with Crippen molar-refractivity contribution >= 4 is 23.6 Å². The first-order valence-corrected chi connectivity index (χ1v) is 9.62. The number of furan rings is 1. The molecule has 2 aromatic carbocycles. The molecule has 0 unspecified atom stereocenters. The van der Waals surface area contributed by atoms with E-state index >= 15 is 0 Å². The van der Waals surface area contributed by atoms with Crippen LogP contribution in [0.5, 0.6) is 5.75 Å². The van der Waals surface area contributed by atoms with E-state index in [4.69, 9.17) is 9.15 Å². The number of ether oxygens (including phenoxy) is 1. The van der Waals surface area contributed by atoms with Crippen molar-refractivity contribution in [2.24, 2.45) is 0 Å². The first kappa shape index (κ1) is 20.9. The molecule has 0 radical (unpaired) electrons. The summed E-state index contributed by atoms with van der Waals surface area (Å²) < 4.78 is 11.0. The summed E-state index contributed by atoms with van der Waals surface area (Å²) in [5, 5.41) is 5.48. The van der Waals surface area contributed by atoms with E-state index in [2.05, 4.69) is 10.6 Å². The second-order valence-electron chi connectivity index (χ2n) is 7.05. The third kappa shape index (κ3) is 5.85. The predicted molar refractivity (Wildman–Crippen MR) is 116 cm³/mol. The highest BCUT2D eigenvalue weighted by Gasteiger charge is 2.16. The van der Waals surface area contributed by atoms with Gasteiger partial charge in [-0.3, -0.25) is 9.59 Å². The third-order valence-electron chi connectivity index (χ3n) is 4.07. The minimum atomic E-state index is -0.478. The maximum atomic E-state index is 12.9. The normalized spacial score (nSPS) is 11.3. The number of amides is 2. The van der Waals surface area contributed by atoms with Crippen LogP contribution in [0, 0.1) is 6.92 Å². The van der Waals surface area contributed by atoms with Crippen LogP contribution >= 0.6 is 0 Å². The number of hydrogen-bond donors (Lipinski definition) is 2. The molecule has 0 saturated carbocycles. The van der Waals surface area contributed by atoms with Crippen LogP contribution in [0.4, 0.5) is 5.69 Å². The molecule has 0 aliphatic carbocycles. The van der Waals surface area contributed by atoms with Crippen molar-refractivity contribution in [3.05, 3.63) is 89.5 Å². The van der Waals surface area contributed by atoms with Crippen LogP contribution < -0.4 is 15.4 Å². The molecule has 154 valence electrons. The van der Waals surface area contributed by atoms with Crippen molar-refractivity contribution < 1.29 is 18.7 Å². The monoisotopic (exact) mass is 404 g/mol. The van der Waals surface area contributed by atoms with E-state index in [1.807, 2.05) is 32.9 Å². The van der Waals surface area contributed by atoms with E-state index < -0.39 is 5.91 Å². The largest absolute Gasteiger partial charge is 0.491 e. The maximum absolute atomic E-state index is 12.9. The van der Waals surface area contributed by atoms with Gasteiger partial charge in [0.25, 0.3) is 11.8 Å². The molecular formula is C24H24N2O4. The minimum Gasteiger partial charge on any atom is -0.491 e. The Morgan fingerprint density at radius 3 is 2.53 bits per heavy atom. The summed E-state index contributed by atoms with van der Waals surface area (Å²) >= 11 is 0. The number of rotatable bonds is 7. The van der Waals surface area contributed by atoms with Crippen molar-refractivity contribution in [3.8, 4) is 5.75 Å². The lowest BCUT2D eigenvalue weighted by Crippen LogP contribution is -2.30. The van der Waals surface area contributed by atoms with Crippen LogP contribution in [-0.2, 0) is 4.79 Å². The zero-order valence-corrected chi connectivity index (χ0v) is 17.1. The lowest BCUT2D eigenvalue weighted by atomic mass is 10.1. The molecule has 0 saturated heterocycles. The highest BCUT2D eigenvalue weighted by atomic mass is 16.5. The van der Waals surface area contributed by atoms with Crippen molar-refractivity contribution in [2.45, 2.75) is 26.9 Å². The first-order valence-electron chi connectivity index (χ1n) is 9.62. The fraction of sp³-hybridized carbons (Fsp3) is 0.167. The summed E-state index contributed by atoms with van der Waals surface area (Å²) in [5.74, 6) is 0.224. The molecule has 0 atom stereocenters.